The second-order valence-electron chi connectivity index (χ2n) is 7.22. The van der Waals surface area contributed by atoms with E-state index in [0.29, 0.717) is 0 Å². The van der Waals surface area contributed by atoms with Crippen molar-refractivity contribution in [2.24, 2.45) is 11.8 Å². The van der Waals surface area contributed by atoms with E-state index in [1.165, 1.54) is 96.3 Å². The molecule has 128 valence electrons. The molecular weight excluding hydrogens is 252 g/mol. The van der Waals surface area contributed by atoms with Gasteiger partial charge in [0.15, 0.2) is 0 Å². The Kier molecular flexibility index (Phi) is 16.4. The van der Waals surface area contributed by atoms with Crippen LogP contribution in [0.4, 0.5) is 0 Å². The lowest BCUT2D eigenvalue weighted by Gasteiger charge is -2.22. The molecule has 0 aromatic rings. The minimum Gasteiger partial charge on any atom is -0.0654 e. The third-order valence-electron chi connectivity index (χ3n) is 5.12. The topological polar surface area (TPSA) is 0 Å². The van der Waals surface area contributed by atoms with E-state index < -0.39 is 0 Å². The number of rotatable bonds is 16. The van der Waals surface area contributed by atoms with Crippen LogP contribution in [0.5, 0.6) is 0 Å². The SMILES string of the molecule is CCCCCCCC(CCC)CC(CC)CCCCCC. The number of unbranched alkanes of at least 4 members (excludes halogenated alkanes) is 7. The summed E-state index contributed by atoms with van der Waals surface area (Å²) in [6, 6.07) is 0. The fraction of sp³-hybridized carbons (Fsp3) is 1.00. The highest BCUT2D eigenvalue weighted by atomic mass is 14.2. The summed E-state index contributed by atoms with van der Waals surface area (Å²) in [6.07, 6.45) is 21.7. The molecule has 0 rings (SSSR count). The van der Waals surface area contributed by atoms with E-state index in [1.807, 2.05) is 0 Å². The van der Waals surface area contributed by atoms with Crippen LogP contribution in [0.1, 0.15) is 124 Å². The molecule has 2 atom stereocenters. The fourth-order valence-electron chi connectivity index (χ4n) is 3.64. The van der Waals surface area contributed by atoms with E-state index in [0.717, 1.165) is 11.8 Å². The van der Waals surface area contributed by atoms with E-state index in [9.17, 15) is 0 Å². The maximum absolute atomic E-state index is 2.41. The van der Waals surface area contributed by atoms with E-state index >= 15 is 0 Å². The first-order valence-electron chi connectivity index (χ1n) is 10.3. The van der Waals surface area contributed by atoms with Crippen LogP contribution in [0, 0.1) is 11.8 Å². The Labute approximate surface area is 136 Å². The molecule has 0 aliphatic carbocycles. The normalized spacial score (nSPS) is 14.3. The Balaban J connectivity index is 3.89. The molecular formula is C21H44. The predicted octanol–water partition coefficient (Wildman–Crippen LogP) is 8.15. The highest BCUT2D eigenvalue weighted by Gasteiger charge is 2.14. The quantitative estimate of drug-likeness (QED) is 0.252. The van der Waals surface area contributed by atoms with Crippen molar-refractivity contribution in [2.45, 2.75) is 124 Å². The molecule has 0 amide bonds. The summed E-state index contributed by atoms with van der Waals surface area (Å²) < 4.78 is 0. The highest BCUT2D eigenvalue weighted by Crippen LogP contribution is 2.28. The lowest BCUT2D eigenvalue weighted by molar-refractivity contribution is 0.299. The van der Waals surface area contributed by atoms with Crippen molar-refractivity contribution in [3.8, 4) is 0 Å². The monoisotopic (exact) mass is 296 g/mol. The lowest BCUT2D eigenvalue weighted by atomic mass is 9.83. The third-order valence-corrected chi connectivity index (χ3v) is 5.12. The molecule has 0 saturated carbocycles. The van der Waals surface area contributed by atoms with Gasteiger partial charge in [0, 0.05) is 0 Å². The Morgan fingerprint density at radius 3 is 1.52 bits per heavy atom. The van der Waals surface area contributed by atoms with Crippen LogP contribution in [-0.2, 0) is 0 Å². The van der Waals surface area contributed by atoms with Crippen molar-refractivity contribution < 1.29 is 0 Å². The minimum absolute atomic E-state index is 1.01. The summed E-state index contributed by atoms with van der Waals surface area (Å²) in [7, 11) is 0. The molecule has 0 aliphatic heterocycles. The minimum atomic E-state index is 1.01. The molecule has 0 heterocycles. The van der Waals surface area contributed by atoms with Gasteiger partial charge in [0.25, 0.3) is 0 Å². The first-order valence-corrected chi connectivity index (χ1v) is 10.3. The van der Waals surface area contributed by atoms with Crippen LogP contribution in [0.25, 0.3) is 0 Å². The zero-order valence-corrected chi connectivity index (χ0v) is 15.8. The highest BCUT2D eigenvalue weighted by molar-refractivity contribution is 4.67. The molecule has 0 aliphatic rings. The summed E-state index contributed by atoms with van der Waals surface area (Å²) in [4.78, 5) is 0. The first-order chi connectivity index (χ1) is 10.3. The summed E-state index contributed by atoms with van der Waals surface area (Å²) in [5.74, 6) is 2.03. The van der Waals surface area contributed by atoms with Crippen LogP contribution in [0.15, 0.2) is 0 Å². The molecule has 0 fully saturated rings. The second-order valence-corrected chi connectivity index (χ2v) is 7.22. The van der Waals surface area contributed by atoms with Gasteiger partial charge in [-0.3, -0.25) is 0 Å². The van der Waals surface area contributed by atoms with Crippen molar-refractivity contribution in [3.05, 3.63) is 0 Å². The third kappa shape index (κ3) is 13.4. The Bertz CT molecular complexity index is 184. The van der Waals surface area contributed by atoms with Crippen molar-refractivity contribution in [3.63, 3.8) is 0 Å². The van der Waals surface area contributed by atoms with E-state index in [2.05, 4.69) is 27.7 Å². The zero-order chi connectivity index (χ0) is 15.8. The number of hydrogen-bond donors (Lipinski definition) is 0. The summed E-state index contributed by atoms with van der Waals surface area (Å²) >= 11 is 0. The van der Waals surface area contributed by atoms with Gasteiger partial charge in [-0.15, -0.1) is 0 Å². The molecule has 0 saturated heterocycles. The van der Waals surface area contributed by atoms with Gasteiger partial charge in [0.2, 0.25) is 0 Å². The molecule has 0 heteroatoms. The maximum Gasteiger partial charge on any atom is -0.0412 e. The number of hydrogen-bond acceptors (Lipinski definition) is 0. The van der Waals surface area contributed by atoms with Crippen molar-refractivity contribution in [1.82, 2.24) is 0 Å². The molecule has 21 heavy (non-hydrogen) atoms. The predicted molar refractivity (Wildman–Crippen MR) is 98.9 cm³/mol. The van der Waals surface area contributed by atoms with Gasteiger partial charge in [-0.2, -0.15) is 0 Å². The Morgan fingerprint density at radius 1 is 0.476 bits per heavy atom. The smallest absolute Gasteiger partial charge is 0.0412 e. The fourth-order valence-corrected chi connectivity index (χ4v) is 3.64. The Morgan fingerprint density at radius 2 is 1.00 bits per heavy atom. The van der Waals surface area contributed by atoms with Crippen LogP contribution >= 0.6 is 0 Å². The molecule has 0 radical (unpaired) electrons. The van der Waals surface area contributed by atoms with Crippen molar-refractivity contribution >= 4 is 0 Å². The van der Waals surface area contributed by atoms with Crippen molar-refractivity contribution in [1.29, 1.82) is 0 Å². The standard InChI is InChI=1S/C21H44/c1-5-9-11-13-15-18-21(16-7-3)19-20(8-4)17-14-12-10-6-2/h20-21H,5-19H2,1-4H3. The summed E-state index contributed by atoms with van der Waals surface area (Å²) in [5, 5.41) is 0. The van der Waals surface area contributed by atoms with Gasteiger partial charge >= 0.3 is 0 Å². The van der Waals surface area contributed by atoms with Crippen LogP contribution in [0.2, 0.25) is 0 Å². The largest absolute Gasteiger partial charge is 0.0654 e. The van der Waals surface area contributed by atoms with Gasteiger partial charge in [0.05, 0.1) is 0 Å². The molecule has 2 unspecified atom stereocenters. The molecule has 0 bridgehead atoms. The van der Waals surface area contributed by atoms with Gasteiger partial charge < -0.3 is 0 Å². The van der Waals surface area contributed by atoms with E-state index in [1.54, 1.807) is 0 Å². The van der Waals surface area contributed by atoms with E-state index in [4.69, 9.17) is 0 Å². The molecule has 0 nitrogen and oxygen atoms in total. The average molecular weight is 297 g/mol. The molecule has 0 spiro atoms. The summed E-state index contributed by atoms with van der Waals surface area (Å²) in [5.41, 5.74) is 0. The van der Waals surface area contributed by atoms with Gasteiger partial charge in [-0.05, 0) is 18.3 Å². The van der Waals surface area contributed by atoms with Crippen LogP contribution in [-0.4, -0.2) is 0 Å². The maximum atomic E-state index is 2.41. The Hall–Kier alpha value is 0. The van der Waals surface area contributed by atoms with Crippen molar-refractivity contribution in [2.75, 3.05) is 0 Å². The van der Waals surface area contributed by atoms with Gasteiger partial charge in [0.1, 0.15) is 0 Å². The van der Waals surface area contributed by atoms with Gasteiger partial charge in [-0.25, -0.2) is 0 Å². The zero-order valence-electron chi connectivity index (χ0n) is 15.8. The van der Waals surface area contributed by atoms with E-state index in [-0.39, 0.29) is 0 Å². The average Bonchev–Trinajstić information content (AvgIpc) is 2.50. The second kappa shape index (κ2) is 16.4. The van der Waals surface area contributed by atoms with Crippen LogP contribution in [0.3, 0.4) is 0 Å². The lowest BCUT2D eigenvalue weighted by Crippen LogP contribution is -2.09. The summed E-state index contributed by atoms with van der Waals surface area (Å²) in [6.45, 7) is 9.40. The molecule has 0 N–H and O–H groups in total. The first kappa shape index (κ1) is 21.0. The van der Waals surface area contributed by atoms with Crippen LogP contribution < -0.4 is 0 Å². The molecule has 0 aromatic carbocycles. The molecule has 0 aromatic heterocycles. The van der Waals surface area contributed by atoms with Gasteiger partial charge in [-0.1, -0.05) is 118 Å².